The quantitative estimate of drug-likeness (QED) is 0.657. The molecule has 0 N–H and O–H groups in total. The van der Waals surface area contributed by atoms with Gasteiger partial charge in [-0.3, -0.25) is 9.48 Å². The Hall–Kier alpha value is -3.34. The van der Waals surface area contributed by atoms with Crippen LogP contribution in [0, 0.1) is 6.92 Å². The van der Waals surface area contributed by atoms with E-state index in [1.165, 1.54) is 0 Å². The lowest BCUT2D eigenvalue weighted by atomic mass is 10.2. The number of nitrogens with zero attached hydrogens (tertiary/aromatic N) is 3. The van der Waals surface area contributed by atoms with Crippen molar-refractivity contribution in [3.63, 3.8) is 0 Å². The first-order valence-electron chi connectivity index (χ1n) is 8.31. The minimum absolute atomic E-state index is 0.141. The van der Waals surface area contributed by atoms with Crippen LogP contribution < -0.4 is 10.3 Å². The average molecular weight is 347 g/mol. The molecule has 0 amide bonds. The third-order valence-electron chi connectivity index (χ3n) is 4.23. The lowest BCUT2D eigenvalue weighted by molar-refractivity contribution is 0.414. The summed E-state index contributed by atoms with van der Waals surface area (Å²) >= 11 is 0. The Morgan fingerprint density at radius 1 is 1.04 bits per heavy atom. The van der Waals surface area contributed by atoms with E-state index < -0.39 is 0 Å². The number of allylic oxidation sites excluding steroid dienone is 1. The van der Waals surface area contributed by atoms with E-state index in [4.69, 9.17) is 4.74 Å². The molecule has 1 aromatic heterocycles. The van der Waals surface area contributed by atoms with Gasteiger partial charge in [-0.15, -0.1) is 0 Å². The molecule has 0 aliphatic carbocycles. The monoisotopic (exact) mass is 347 g/mol. The van der Waals surface area contributed by atoms with Crippen molar-refractivity contribution in [2.24, 2.45) is 12.0 Å². The van der Waals surface area contributed by atoms with Crippen molar-refractivity contribution in [3.8, 4) is 11.4 Å². The van der Waals surface area contributed by atoms with Crippen LogP contribution in [0.1, 0.15) is 11.3 Å². The maximum absolute atomic E-state index is 12.8. The second-order valence-electron chi connectivity index (χ2n) is 5.79. The number of hydrogen-bond acceptors (Lipinski definition) is 3. The van der Waals surface area contributed by atoms with E-state index >= 15 is 0 Å². The van der Waals surface area contributed by atoms with Gasteiger partial charge in [0, 0.05) is 18.8 Å². The number of ether oxygens (including phenoxy) is 1. The molecule has 0 aliphatic heterocycles. The number of rotatable bonds is 5. The summed E-state index contributed by atoms with van der Waals surface area (Å²) in [7, 11) is 3.49. The van der Waals surface area contributed by atoms with Crippen molar-refractivity contribution in [2.75, 3.05) is 7.11 Å². The Morgan fingerprint density at radius 3 is 2.46 bits per heavy atom. The van der Waals surface area contributed by atoms with Gasteiger partial charge in [-0.2, -0.15) is 0 Å². The summed E-state index contributed by atoms with van der Waals surface area (Å²) in [6.45, 7) is 1.89. The fourth-order valence-corrected chi connectivity index (χ4v) is 2.77. The first kappa shape index (κ1) is 17.5. The topological polar surface area (TPSA) is 48.5 Å². The fourth-order valence-electron chi connectivity index (χ4n) is 2.77. The smallest absolute Gasteiger partial charge is 0.297 e. The standard InChI is InChI=1S/C21H21N3O2/c1-16-20(21(25)24(23(16)2)18-12-5-4-6-13-18)22-15-9-11-17-10-7-8-14-19(17)26-3/h4-15H,1-3H3/b11-9+,22-15?. The van der Waals surface area contributed by atoms with Gasteiger partial charge in [-0.05, 0) is 37.3 Å². The van der Waals surface area contributed by atoms with Crippen LogP contribution in [0.5, 0.6) is 5.75 Å². The molecule has 0 radical (unpaired) electrons. The number of para-hydroxylation sites is 2. The normalized spacial score (nSPS) is 11.5. The zero-order valence-corrected chi connectivity index (χ0v) is 15.1. The zero-order valence-electron chi connectivity index (χ0n) is 15.1. The Labute approximate surface area is 152 Å². The Bertz CT molecular complexity index is 1010. The van der Waals surface area contributed by atoms with Crippen molar-refractivity contribution in [1.82, 2.24) is 9.36 Å². The highest BCUT2D eigenvalue weighted by Crippen LogP contribution is 2.19. The highest BCUT2D eigenvalue weighted by molar-refractivity contribution is 5.81. The summed E-state index contributed by atoms with van der Waals surface area (Å²) in [6, 6.07) is 17.3. The van der Waals surface area contributed by atoms with Crippen LogP contribution in [0.4, 0.5) is 5.69 Å². The van der Waals surface area contributed by atoms with Gasteiger partial charge in [0.15, 0.2) is 5.69 Å². The van der Waals surface area contributed by atoms with Crippen LogP contribution >= 0.6 is 0 Å². The summed E-state index contributed by atoms with van der Waals surface area (Å²) in [5.74, 6) is 0.791. The summed E-state index contributed by atoms with van der Waals surface area (Å²) in [5, 5.41) is 0. The third kappa shape index (κ3) is 3.37. The molecule has 26 heavy (non-hydrogen) atoms. The third-order valence-corrected chi connectivity index (χ3v) is 4.23. The van der Waals surface area contributed by atoms with Crippen LogP contribution in [-0.2, 0) is 7.05 Å². The van der Waals surface area contributed by atoms with E-state index in [-0.39, 0.29) is 5.56 Å². The van der Waals surface area contributed by atoms with Gasteiger partial charge < -0.3 is 4.74 Å². The molecule has 0 bridgehead atoms. The molecule has 5 nitrogen and oxygen atoms in total. The predicted octanol–water partition coefficient (Wildman–Crippen LogP) is 3.91. The maximum Gasteiger partial charge on any atom is 0.297 e. The van der Waals surface area contributed by atoms with E-state index in [0.717, 1.165) is 22.7 Å². The lowest BCUT2D eigenvalue weighted by Crippen LogP contribution is -2.19. The molecule has 3 aromatic rings. The first-order valence-corrected chi connectivity index (χ1v) is 8.31. The van der Waals surface area contributed by atoms with Gasteiger partial charge in [-0.25, -0.2) is 9.67 Å². The molecular weight excluding hydrogens is 326 g/mol. The number of hydrogen-bond donors (Lipinski definition) is 0. The number of aliphatic imine (C=N–C) groups is 1. The van der Waals surface area contributed by atoms with Gasteiger partial charge in [0.25, 0.3) is 5.56 Å². The van der Waals surface area contributed by atoms with Gasteiger partial charge in [-0.1, -0.05) is 36.4 Å². The van der Waals surface area contributed by atoms with Crippen molar-refractivity contribution >= 4 is 18.0 Å². The average Bonchev–Trinajstić information content (AvgIpc) is 2.89. The van der Waals surface area contributed by atoms with Crippen LogP contribution in [0.25, 0.3) is 11.8 Å². The van der Waals surface area contributed by atoms with Crippen molar-refractivity contribution in [1.29, 1.82) is 0 Å². The molecule has 0 saturated heterocycles. The van der Waals surface area contributed by atoms with Gasteiger partial charge in [0.05, 0.1) is 18.5 Å². The predicted molar refractivity (Wildman–Crippen MR) is 106 cm³/mol. The van der Waals surface area contributed by atoms with E-state index in [2.05, 4.69) is 4.99 Å². The summed E-state index contributed by atoms with van der Waals surface area (Å²) in [4.78, 5) is 17.1. The summed E-state index contributed by atoms with van der Waals surface area (Å²) in [6.07, 6.45) is 5.33. The van der Waals surface area contributed by atoms with E-state index in [1.54, 1.807) is 24.1 Å². The number of benzene rings is 2. The van der Waals surface area contributed by atoms with Gasteiger partial charge in [0.1, 0.15) is 5.75 Å². The Balaban J connectivity index is 1.90. The SMILES string of the molecule is COc1ccccc1/C=C/C=Nc1c(C)n(C)n(-c2ccccc2)c1=O. The highest BCUT2D eigenvalue weighted by atomic mass is 16.5. The second-order valence-corrected chi connectivity index (χ2v) is 5.79. The zero-order chi connectivity index (χ0) is 18.5. The maximum atomic E-state index is 12.8. The van der Waals surface area contributed by atoms with Gasteiger partial charge >= 0.3 is 0 Å². The Kier molecular flexibility index (Phi) is 5.17. The van der Waals surface area contributed by atoms with Gasteiger partial charge in [0.2, 0.25) is 0 Å². The van der Waals surface area contributed by atoms with E-state index in [0.29, 0.717) is 5.69 Å². The molecular formula is C21H21N3O2. The van der Waals surface area contributed by atoms with Crippen LogP contribution in [-0.4, -0.2) is 22.7 Å². The summed E-state index contributed by atoms with van der Waals surface area (Å²) in [5.41, 5.74) is 2.86. The van der Waals surface area contributed by atoms with E-state index in [9.17, 15) is 4.79 Å². The molecule has 2 aromatic carbocycles. The molecule has 5 heteroatoms. The highest BCUT2D eigenvalue weighted by Gasteiger charge is 2.14. The molecule has 0 aliphatic rings. The molecule has 0 atom stereocenters. The first-order chi connectivity index (χ1) is 12.6. The number of aromatic nitrogens is 2. The van der Waals surface area contributed by atoms with Crippen molar-refractivity contribution in [2.45, 2.75) is 6.92 Å². The lowest BCUT2D eigenvalue weighted by Gasteiger charge is -2.07. The van der Waals surface area contributed by atoms with Crippen LogP contribution in [0.2, 0.25) is 0 Å². The molecule has 0 saturated carbocycles. The molecule has 3 rings (SSSR count). The fraction of sp³-hybridized carbons (Fsp3) is 0.143. The molecule has 0 unspecified atom stereocenters. The minimum Gasteiger partial charge on any atom is -0.496 e. The minimum atomic E-state index is -0.141. The molecule has 132 valence electrons. The van der Waals surface area contributed by atoms with Crippen LogP contribution in [0.15, 0.2) is 70.5 Å². The molecule has 1 heterocycles. The van der Waals surface area contributed by atoms with E-state index in [1.807, 2.05) is 79.3 Å². The Morgan fingerprint density at radius 2 is 1.73 bits per heavy atom. The summed E-state index contributed by atoms with van der Waals surface area (Å²) < 4.78 is 8.75. The molecule has 0 spiro atoms. The van der Waals surface area contributed by atoms with Crippen molar-refractivity contribution < 1.29 is 4.74 Å². The van der Waals surface area contributed by atoms with Crippen molar-refractivity contribution in [3.05, 3.63) is 82.3 Å². The number of methoxy groups -OCH3 is 1. The largest absolute Gasteiger partial charge is 0.496 e. The molecule has 0 fully saturated rings. The van der Waals surface area contributed by atoms with Crippen LogP contribution in [0.3, 0.4) is 0 Å². The second kappa shape index (κ2) is 7.70.